The Labute approximate surface area is 96.5 Å². The van der Waals surface area contributed by atoms with Gasteiger partial charge in [-0.1, -0.05) is 6.92 Å². The van der Waals surface area contributed by atoms with Gasteiger partial charge >= 0.3 is 0 Å². The predicted octanol–water partition coefficient (Wildman–Crippen LogP) is 2.29. The van der Waals surface area contributed by atoms with Crippen molar-refractivity contribution in [2.24, 2.45) is 11.3 Å². The maximum atomic E-state index is 11.6. The van der Waals surface area contributed by atoms with E-state index in [1.807, 2.05) is 0 Å². The first-order valence-electron chi connectivity index (χ1n) is 6.46. The minimum Gasteiger partial charge on any atom is -0.347 e. The standard InChI is InChI=1S/C13H20O3/c1-12-6-4-11(14)9-10(12)3-2-5-13(12)15-7-8-16-13/h10H,2-9H2,1H3/t10-,12-/m0/s1. The highest BCUT2D eigenvalue weighted by Gasteiger charge is 2.59. The van der Waals surface area contributed by atoms with Crippen molar-refractivity contribution in [2.45, 2.75) is 51.2 Å². The summed E-state index contributed by atoms with van der Waals surface area (Å²) in [6.07, 6.45) is 5.70. The molecule has 2 saturated carbocycles. The average molecular weight is 224 g/mol. The van der Waals surface area contributed by atoms with Crippen molar-refractivity contribution in [1.82, 2.24) is 0 Å². The molecule has 3 aliphatic rings. The van der Waals surface area contributed by atoms with Gasteiger partial charge in [-0.2, -0.15) is 0 Å². The van der Waals surface area contributed by atoms with E-state index in [1.54, 1.807) is 0 Å². The summed E-state index contributed by atoms with van der Waals surface area (Å²) in [6.45, 7) is 3.71. The molecule has 0 N–H and O–H groups in total. The van der Waals surface area contributed by atoms with E-state index in [2.05, 4.69) is 6.92 Å². The SMILES string of the molecule is C[C@]12CCC(=O)C[C@@H]1CCCC21OCCO1. The van der Waals surface area contributed by atoms with Gasteiger partial charge in [-0.25, -0.2) is 0 Å². The normalized spacial score (nSPS) is 42.3. The van der Waals surface area contributed by atoms with E-state index in [-0.39, 0.29) is 11.2 Å². The third-order valence-electron chi connectivity index (χ3n) is 4.98. The molecular weight excluding hydrogens is 204 g/mol. The van der Waals surface area contributed by atoms with Crippen LogP contribution in [0.2, 0.25) is 0 Å². The summed E-state index contributed by atoms with van der Waals surface area (Å²) in [5.41, 5.74) is 0.0651. The van der Waals surface area contributed by atoms with E-state index >= 15 is 0 Å². The maximum absolute atomic E-state index is 11.6. The second-order valence-corrected chi connectivity index (χ2v) is 5.70. The van der Waals surface area contributed by atoms with Gasteiger partial charge in [0.1, 0.15) is 5.78 Å². The molecule has 0 amide bonds. The van der Waals surface area contributed by atoms with Gasteiger partial charge in [-0.05, 0) is 25.2 Å². The van der Waals surface area contributed by atoms with Crippen LogP contribution in [0, 0.1) is 11.3 Å². The van der Waals surface area contributed by atoms with Crippen LogP contribution in [-0.4, -0.2) is 24.8 Å². The van der Waals surface area contributed by atoms with Crippen LogP contribution in [0.25, 0.3) is 0 Å². The van der Waals surface area contributed by atoms with E-state index in [1.165, 1.54) is 0 Å². The summed E-state index contributed by atoms with van der Waals surface area (Å²) in [5.74, 6) is 0.537. The first-order valence-corrected chi connectivity index (χ1v) is 6.46. The lowest BCUT2D eigenvalue weighted by molar-refractivity contribution is -0.273. The van der Waals surface area contributed by atoms with Crippen LogP contribution in [0.5, 0.6) is 0 Å². The Kier molecular flexibility index (Phi) is 2.37. The Morgan fingerprint density at radius 1 is 1.25 bits per heavy atom. The zero-order valence-electron chi connectivity index (χ0n) is 9.96. The Morgan fingerprint density at radius 2 is 2.00 bits per heavy atom. The van der Waals surface area contributed by atoms with Crippen LogP contribution in [0.3, 0.4) is 0 Å². The number of ketones is 1. The predicted molar refractivity (Wildman–Crippen MR) is 58.9 cm³/mol. The lowest BCUT2D eigenvalue weighted by Gasteiger charge is -2.54. The van der Waals surface area contributed by atoms with Gasteiger partial charge < -0.3 is 9.47 Å². The van der Waals surface area contributed by atoms with E-state index in [9.17, 15) is 4.79 Å². The molecule has 1 aliphatic heterocycles. The van der Waals surface area contributed by atoms with Crippen LogP contribution in [0.1, 0.15) is 45.4 Å². The molecule has 3 rings (SSSR count). The van der Waals surface area contributed by atoms with Crippen LogP contribution in [0.4, 0.5) is 0 Å². The number of hydrogen-bond acceptors (Lipinski definition) is 3. The molecule has 3 fully saturated rings. The zero-order valence-corrected chi connectivity index (χ0v) is 9.96. The molecule has 0 unspecified atom stereocenters. The Morgan fingerprint density at radius 3 is 2.75 bits per heavy atom. The first-order chi connectivity index (χ1) is 7.66. The summed E-state index contributed by atoms with van der Waals surface area (Å²) < 4.78 is 11.9. The number of carbonyl (C=O) groups is 1. The van der Waals surface area contributed by atoms with E-state index in [0.717, 1.165) is 45.3 Å². The molecule has 1 saturated heterocycles. The average Bonchev–Trinajstić information content (AvgIpc) is 2.72. The fourth-order valence-electron chi connectivity index (χ4n) is 3.92. The molecule has 0 aromatic carbocycles. The Bertz CT molecular complexity index is 306. The van der Waals surface area contributed by atoms with Crippen LogP contribution in [0.15, 0.2) is 0 Å². The van der Waals surface area contributed by atoms with Gasteiger partial charge in [0.15, 0.2) is 5.79 Å². The van der Waals surface area contributed by atoms with E-state index < -0.39 is 0 Å². The van der Waals surface area contributed by atoms with Gasteiger partial charge in [0.25, 0.3) is 0 Å². The van der Waals surface area contributed by atoms with Crippen molar-refractivity contribution < 1.29 is 14.3 Å². The van der Waals surface area contributed by atoms with Gasteiger partial charge in [0, 0.05) is 24.7 Å². The maximum Gasteiger partial charge on any atom is 0.174 e. The number of fused-ring (bicyclic) bond motifs is 2. The molecule has 0 aromatic rings. The van der Waals surface area contributed by atoms with E-state index in [0.29, 0.717) is 18.1 Å². The molecule has 0 radical (unpaired) electrons. The Hall–Kier alpha value is -0.410. The van der Waals surface area contributed by atoms with Crippen molar-refractivity contribution in [1.29, 1.82) is 0 Å². The molecule has 0 aromatic heterocycles. The third-order valence-corrected chi connectivity index (χ3v) is 4.98. The quantitative estimate of drug-likeness (QED) is 0.633. The van der Waals surface area contributed by atoms with Crippen LogP contribution >= 0.6 is 0 Å². The molecule has 16 heavy (non-hydrogen) atoms. The highest BCUT2D eigenvalue weighted by atomic mass is 16.7. The second kappa shape index (κ2) is 3.54. The van der Waals surface area contributed by atoms with Crippen molar-refractivity contribution in [3.05, 3.63) is 0 Å². The number of hydrogen-bond donors (Lipinski definition) is 0. The fraction of sp³-hybridized carbons (Fsp3) is 0.923. The molecule has 1 spiro atoms. The molecule has 3 heteroatoms. The van der Waals surface area contributed by atoms with Crippen molar-refractivity contribution >= 4 is 5.78 Å². The molecule has 0 bridgehead atoms. The van der Waals surface area contributed by atoms with E-state index in [4.69, 9.17) is 9.47 Å². The van der Waals surface area contributed by atoms with Gasteiger partial charge in [0.05, 0.1) is 13.2 Å². The summed E-state index contributed by atoms with van der Waals surface area (Å²) in [6, 6.07) is 0. The highest BCUT2D eigenvalue weighted by molar-refractivity contribution is 5.79. The number of rotatable bonds is 0. The smallest absolute Gasteiger partial charge is 0.174 e. The van der Waals surface area contributed by atoms with Crippen molar-refractivity contribution in [3.8, 4) is 0 Å². The third kappa shape index (κ3) is 1.31. The van der Waals surface area contributed by atoms with Gasteiger partial charge in [-0.15, -0.1) is 0 Å². The second-order valence-electron chi connectivity index (χ2n) is 5.70. The first kappa shape index (κ1) is 10.7. The molecule has 90 valence electrons. The fourth-order valence-corrected chi connectivity index (χ4v) is 3.92. The summed E-state index contributed by atoms with van der Waals surface area (Å²) >= 11 is 0. The minimum absolute atomic E-state index is 0.0651. The van der Waals surface area contributed by atoms with Gasteiger partial charge in [-0.3, -0.25) is 4.79 Å². The summed E-state index contributed by atoms with van der Waals surface area (Å²) in [4.78, 5) is 11.6. The summed E-state index contributed by atoms with van der Waals surface area (Å²) in [5, 5.41) is 0. The molecule has 3 nitrogen and oxygen atoms in total. The molecule has 1 heterocycles. The Balaban J connectivity index is 1.93. The minimum atomic E-state index is -0.364. The monoisotopic (exact) mass is 224 g/mol. The van der Waals surface area contributed by atoms with Crippen molar-refractivity contribution in [2.75, 3.05) is 13.2 Å². The van der Waals surface area contributed by atoms with Crippen LogP contribution < -0.4 is 0 Å². The number of ether oxygens (including phenoxy) is 2. The number of carbonyl (C=O) groups excluding carboxylic acids is 1. The van der Waals surface area contributed by atoms with Crippen molar-refractivity contribution in [3.63, 3.8) is 0 Å². The largest absolute Gasteiger partial charge is 0.347 e. The lowest BCUT2D eigenvalue weighted by atomic mass is 9.57. The van der Waals surface area contributed by atoms with Gasteiger partial charge in [0.2, 0.25) is 0 Å². The lowest BCUT2D eigenvalue weighted by Crippen LogP contribution is -2.56. The topological polar surface area (TPSA) is 35.5 Å². The molecular formula is C13H20O3. The zero-order chi connectivity index (χ0) is 11.2. The summed E-state index contributed by atoms with van der Waals surface area (Å²) in [7, 11) is 0. The van der Waals surface area contributed by atoms with Crippen LogP contribution in [-0.2, 0) is 14.3 Å². The molecule has 2 atom stereocenters. The number of Topliss-reactive ketones (excluding diaryl/α,β-unsaturated/α-hetero) is 1. The molecule has 2 aliphatic carbocycles. The highest BCUT2D eigenvalue weighted by Crippen LogP contribution is 2.57.